The number of aliphatic hydroxyl groups is 1. The van der Waals surface area contributed by atoms with Gasteiger partial charge < -0.3 is 14.6 Å². The Bertz CT molecular complexity index is 663. The number of fused-ring (bicyclic) bond motifs is 1. The number of hydrogen-bond acceptors (Lipinski definition) is 2. The topological polar surface area (TPSA) is 45.5 Å². The van der Waals surface area contributed by atoms with Crippen LogP contribution in [0, 0.1) is 5.92 Å². The molecule has 0 radical (unpaired) electrons. The molecule has 0 spiro atoms. The maximum Gasteiger partial charge on any atom is 0.242 e. The summed E-state index contributed by atoms with van der Waals surface area (Å²) in [5.74, 6) is 0.374. The first kappa shape index (κ1) is 14.4. The van der Waals surface area contributed by atoms with Gasteiger partial charge in [-0.2, -0.15) is 0 Å². The van der Waals surface area contributed by atoms with Crippen LogP contribution in [-0.2, 0) is 11.3 Å². The summed E-state index contributed by atoms with van der Waals surface area (Å²) in [5, 5.41) is 11.6. The molecule has 5 heteroatoms. The van der Waals surface area contributed by atoms with Crippen molar-refractivity contribution >= 4 is 28.4 Å². The minimum atomic E-state index is -0.394. The van der Waals surface area contributed by atoms with Gasteiger partial charge in [0.2, 0.25) is 5.91 Å². The van der Waals surface area contributed by atoms with Gasteiger partial charge >= 0.3 is 0 Å². The maximum atomic E-state index is 12.3. The predicted octanol–water partition coefficient (Wildman–Crippen LogP) is 2.52. The Morgan fingerprint density at radius 3 is 2.95 bits per heavy atom. The normalized spacial score (nSPS) is 16.1. The molecule has 1 amide bonds. The predicted molar refractivity (Wildman–Crippen MR) is 83.3 cm³/mol. The number of rotatable bonds is 5. The molecular weight excluding hydrogens is 288 g/mol. The molecule has 4 nitrogen and oxygen atoms in total. The van der Waals surface area contributed by atoms with E-state index >= 15 is 0 Å². The van der Waals surface area contributed by atoms with E-state index in [9.17, 15) is 9.90 Å². The van der Waals surface area contributed by atoms with Gasteiger partial charge in [0, 0.05) is 30.3 Å². The second-order valence-corrected chi connectivity index (χ2v) is 6.26. The van der Waals surface area contributed by atoms with Crippen molar-refractivity contribution in [2.45, 2.75) is 25.5 Å². The van der Waals surface area contributed by atoms with Crippen LogP contribution in [-0.4, -0.2) is 40.2 Å². The Hall–Kier alpha value is -1.52. The number of amides is 1. The monoisotopic (exact) mass is 306 g/mol. The van der Waals surface area contributed by atoms with E-state index in [1.54, 1.807) is 11.9 Å². The van der Waals surface area contributed by atoms with Crippen molar-refractivity contribution in [3.63, 3.8) is 0 Å². The van der Waals surface area contributed by atoms with Crippen molar-refractivity contribution in [1.82, 2.24) is 9.47 Å². The zero-order valence-electron chi connectivity index (χ0n) is 12.0. The minimum absolute atomic E-state index is 0.00724. The zero-order chi connectivity index (χ0) is 15.0. The third-order valence-electron chi connectivity index (χ3n) is 4.09. The third-order valence-corrected chi connectivity index (χ3v) is 4.33. The highest BCUT2D eigenvalue weighted by molar-refractivity contribution is 6.31. The van der Waals surface area contributed by atoms with E-state index in [2.05, 4.69) is 0 Å². The summed E-state index contributed by atoms with van der Waals surface area (Å²) in [5.41, 5.74) is 0.951. The molecule has 1 aliphatic rings. The Kier molecular flexibility index (Phi) is 3.91. The van der Waals surface area contributed by atoms with Crippen molar-refractivity contribution in [2.75, 3.05) is 13.6 Å². The molecule has 1 heterocycles. The van der Waals surface area contributed by atoms with Crippen LogP contribution >= 0.6 is 11.6 Å². The molecular formula is C16H19ClN2O2. The van der Waals surface area contributed by atoms with Gasteiger partial charge in [-0.15, -0.1) is 0 Å². The number of hydrogen-bond donors (Lipinski definition) is 1. The molecule has 3 rings (SSSR count). The summed E-state index contributed by atoms with van der Waals surface area (Å²) >= 11 is 6.02. The highest BCUT2D eigenvalue weighted by atomic mass is 35.5. The van der Waals surface area contributed by atoms with E-state index in [-0.39, 0.29) is 12.5 Å². The van der Waals surface area contributed by atoms with Crippen molar-refractivity contribution < 1.29 is 9.90 Å². The average molecular weight is 307 g/mol. The fraction of sp³-hybridized carbons (Fsp3) is 0.438. The molecule has 21 heavy (non-hydrogen) atoms. The molecule has 112 valence electrons. The highest BCUT2D eigenvalue weighted by Crippen LogP contribution is 2.32. The first-order valence-electron chi connectivity index (χ1n) is 7.21. The van der Waals surface area contributed by atoms with Crippen LogP contribution in [0.5, 0.6) is 0 Å². The Balaban J connectivity index is 1.69. The van der Waals surface area contributed by atoms with Crippen molar-refractivity contribution in [2.24, 2.45) is 5.92 Å². The van der Waals surface area contributed by atoms with E-state index in [0.29, 0.717) is 17.5 Å². The van der Waals surface area contributed by atoms with E-state index in [0.717, 1.165) is 23.7 Å². The third kappa shape index (κ3) is 3.22. The summed E-state index contributed by atoms with van der Waals surface area (Å²) in [6.07, 6.45) is 3.65. The number of carbonyl (C=O) groups is 1. The van der Waals surface area contributed by atoms with Crippen LogP contribution in [0.1, 0.15) is 12.8 Å². The van der Waals surface area contributed by atoms with Gasteiger partial charge in [0.25, 0.3) is 0 Å². The van der Waals surface area contributed by atoms with Crippen LogP contribution in [0.25, 0.3) is 10.9 Å². The van der Waals surface area contributed by atoms with Crippen LogP contribution in [0.15, 0.2) is 30.5 Å². The van der Waals surface area contributed by atoms with Gasteiger partial charge in [-0.25, -0.2) is 0 Å². The van der Waals surface area contributed by atoms with Gasteiger partial charge in [0.15, 0.2) is 0 Å². The lowest BCUT2D eigenvalue weighted by atomic mass is 10.2. The smallest absolute Gasteiger partial charge is 0.242 e. The molecule has 1 saturated carbocycles. The lowest BCUT2D eigenvalue weighted by Crippen LogP contribution is -2.37. The molecule has 0 aliphatic heterocycles. The molecule has 2 aromatic rings. The molecule has 0 saturated heterocycles. The summed E-state index contributed by atoms with van der Waals surface area (Å²) in [7, 11) is 1.74. The van der Waals surface area contributed by atoms with Crippen LogP contribution < -0.4 is 0 Å². The molecule has 1 aliphatic carbocycles. The second kappa shape index (κ2) is 5.70. The molecule has 1 atom stereocenters. The summed E-state index contributed by atoms with van der Waals surface area (Å²) in [6, 6.07) is 7.62. The van der Waals surface area contributed by atoms with E-state index < -0.39 is 6.10 Å². The van der Waals surface area contributed by atoms with Crippen LogP contribution in [0.3, 0.4) is 0 Å². The van der Waals surface area contributed by atoms with Crippen molar-refractivity contribution in [1.29, 1.82) is 0 Å². The molecule has 1 fully saturated rings. The number of aromatic nitrogens is 1. The number of halogens is 1. The minimum Gasteiger partial charge on any atom is -0.391 e. The van der Waals surface area contributed by atoms with E-state index in [4.69, 9.17) is 11.6 Å². The lowest BCUT2D eigenvalue weighted by Gasteiger charge is -2.21. The molecule has 1 N–H and O–H groups in total. The SMILES string of the molecule is CN(CC(O)C1CC1)C(=O)Cn1ccc2ccc(Cl)cc21. The Labute approximate surface area is 128 Å². The number of carbonyl (C=O) groups excluding carboxylic acids is 1. The molecule has 1 aromatic heterocycles. The van der Waals surface area contributed by atoms with Crippen molar-refractivity contribution in [3.05, 3.63) is 35.5 Å². The number of aliphatic hydroxyl groups excluding tert-OH is 1. The molecule has 1 unspecified atom stereocenters. The zero-order valence-corrected chi connectivity index (χ0v) is 12.8. The van der Waals surface area contributed by atoms with Gasteiger partial charge in [-0.1, -0.05) is 17.7 Å². The largest absolute Gasteiger partial charge is 0.391 e. The van der Waals surface area contributed by atoms with E-state index in [1.807, 2.05) is 35.0 Å². The van der Waals surface area contributed by atoms with Gasteiger partial charge in [0.1, 0.15) is 6.54 Å². The van der Waals surface area contributed by atoms with Crippen LogP contribution in [0.2, 0.25) is 5.02 Å². The van der Waals surface area contributed by atoms with Gasteiger partial charge in [-0.05, 0) is 42.3 Å². The van der Waals surface area contributed by atoms with Crippen molar-refractivity contribution in [3.8, 4) is 0 Å². The molecule has 0 bridgehead atoms. The maximum absolute atomic E-state index is 12.3. The second-order valence-electron chi connectivity index (χ2n) is 5.83. The lowest BCUT2D eigenvalue weighted by molar-refractivity contribution is -0.131. The fourth-order valence-electron chi connectivity index (χ4n) is 2.57. The summed E-state index contributed by atoms with van der Waals surface area (Å²) < 4.78 is 1.89. The van der Waals surface area contributed by atoms with Crippen LogP contribution in [0.4, 0.5) is 0 Å². The Morgan fingerprint density at radius 2 is 2.24 bits per heavy atom. The fourth-order valence-corrected chi connectivity index (χ4v) is 2.74. The quantitative estimate of drug-likeness (QED) is 0.922. The number of likely N-dealkylation sites (N-methyl/N-ethyl adjacent to an activating group) is 1. The average Bonchev–Trinajstić information content (AvgIpc) is 3.23. The Morgan fingerprint density at radius 1 is 1.48 bits per heavy atom. The summed E-state index contributed by atoms with van der Waals surface area (Å²) in [4.78, 5) is 13.9. The highest BCUT2D eigenvalue weighted by Gasteiger charge is 2.31. The standard InChI is InChI=1S/C16H19ClN2O2/c1-18(9-15(20)12-2-3-12)16(21)10-19-7-6-11-4-5-13(17)8-14(11)19/h4-8,12,15,20H,2-3,9-10H2,1H3. The number of nitrogens with zero attached hydrogens (tertiary/aromatic N) is 2. The van der Waals surface area contributed by atoms with Gasteiger partial charge in [-0.3, -0.25) is 4.79 Å². The first-order chi connectivity index (χ1) is 10.0. The molecule has 1 aromatic carbocycles. The number of benzene rings is 1. The summed E-state index contributed by atoms with van der Waals surface area (Å²) in [6.45, 7) is 0.668. The van der Waals surface area contributed by atoms with Gasteiger partial charge in [0.05, 0.1) is 6.10 Å². The first-order valence-corrected chi connectivity index (χ1v) is 7.59. The van der Waals surface area contributed by atoms with E-state index in [1.165, 1.54) is 0 Å².